The van der Waals surface area contributed by atoms with Gasteiger partial charge in [0.05, 0.1) is 0 Å². The summed E-state index contributed by atoms with van der Waals surface area (Å²) in [6, 6.07) is 22.5. The standard InChI is InChI=1S/C39H38N4O5S2/c1-38(2,3)27-21-29(45-31-17-19-40-35(42-31)49-7)23-13-9-11-15-25(23)33(27)47-37(44)48-34-26-16-12-10-14-24(26)30(22-28(34)39(4,5)6)46-32-18-20-41-36(43-32)50-8/h9-22H,1-8H3. The number of aromatic nitrogens is 4. The van der Waals surface area contributed by atoms with E-state index in [-0.39, 0.29) is 0 Å². The van der Waals surface area contributed by atoms with Gasteiger partial charge in [0.25, 0.3) is 0 Å². The first-order valence-electron chi connectivity index (χ1n) is 16.0. The molecule has 0 radical (unpaired) electrons. The van der Waals surface area contributed by atoms with Gasteiger partial charge in [0.2, 0.25) is 11.8 Å². The highest BCUT2D eigenvalue weighted by Gasteiger charge is 2.29. The number of ether oxygens (including phenoxy) is 4. The minimum atomic E-state index is -0.862. The van der Waals surface area contributed by atoms with Gasteiger partial charge in [-0.05, 0) is 35.5 Å². The third-order valence-corrected chi connectivity index (χ3v) is 9.03. The van der Waals surface area contributed by atoms with Crippen molar-refractivity contribution in [2.45, 2.75) is 62.7 Å². The first-order chi connectivity index (χ1) is 23.9. The number of carbonyl (C=O) groups is 1. The SMILES string of the molecule is CSc1nccc(Oc2cc(C(C)(C)C)c(OC(=O)Oc3c(C(C)(C)C)cc(Oc4ccnc(SC)n4)c4ccccc34)c3ccccc23)n1. The van der Waals surface area contributed by atoms with E-state index in [1.165, 1.54) is 23.5 Å². The number of fused-ring (bicyclic) bond motifs is 2. The largest absolute Gasteiger partial charge is 0.519 e. The van der Waals surface area contributed by atoms with Gasteiger partial charge in [0.1, 0.15) is 23.0 Å². The maximum atomic E-state index is 14.0. The fourth-order valence-corrected chi connectivity index (χ4v) is 6.20. The maximum Gasteiger partial charge on any atom is 0.519 e. The molecule has 0 aliphatic carbocycles. The van der Waals surface area contributed by atoms with Crippen LogP contribution in [0.5, 0.6) is 34.8 Å². The van der Waals surface area contributed by atoms with E-state index in [0.717, 1.165) is 21.9 Å². The molecule has 9 nitrogen and oxygen atoms in total. The van der Waals surface area contributed by atoms with Gasteiger partial charge in [0.15, 0.2) is 10.3 Å². The molecule has 0 unspecified atom stereocenters. The second-order valence-corrected chi connectivity index (χ2v) is 15.1. The molecule has 0 aliphatic heterocycles. The van der Waals surface area contributed by atoms with Crippen LogP contribution in [0, 0.1) is 0 Å². The Morgan fingerprint density at radius 3 is 1.32 bits per heavy atom. The average molecular weight is 707 g/mol. The molecule has 0 spiro atoms. The molecule has 4 aromatic carbocycles. The van der Waals surface area contributed by atoms with Crippen molar-refractivity contribution in [3.8, 4) is 34.8 Å². The fraction of sp³-hybridized carbons (Fsp3) is 0.256. The zero-order valence-corrected chi connectivity index (χ0v) is 30.9. The highest BCUT2D eigenvalue weighted by molar-refractivity contribution is 7.98. The van der Waals surface area contributed by atoms with E-state index in [1.54, 1.807) is 24.5 Å². The number of thioether (sulfide) groups is 2. The van der Waals surface area contributed by atoms with Crippen LogP contribution in [0.25, 0.3) is 21.5 Å². The van der Waals surface area contributed by atoms with E-state index >= 15 is 0 Å². The number of benzene rings is 4. The van der Waals surface area contributed by atoms with E-state index in [2.05, 4.69) is 61.5 Å². The van der Waals surface area contributed by atoms with Crippen LogP contribution in [0.15, 0.2) is 95.5 Å². The van der Waals surface area contributed by atoms with Gasteiger partial charge in [-0.15, -0.1) is 0 Å². The van der Waals surface area contributed by atoms with Crippen LogP contribution < -0.4 is 18.9 Å². The van der Waals surface area contributed by atoms with Crippen LogP contribution in [0.1, 0.15) is 52.7 Å². The molecule has 256 valence electrons. The Hall–Kier alpha value is -4.87. The predicted octanol–water partition coefficient (Wildman–Crippen LogP) is 10.8. The third kappa shape index (κ3) is 7.49. The molecule has 0 saturated heterocycles. The minimum Gasteiger partial charge on any atom is -0.438 e. The number of rotatable bonds is 8. The van der Waals surface area contributed by atoms with Crippen molar-refractivity contribution in [1.29, 1.82) is 0 Å². The van der Waals surface area contributed by atoms with Gasteiger partial charge in [-0.1, -0.05) is 114 Å². The summed E-state index contributed by atoms with van der Waals surface area (Å²) in [7, 11) is 0. The quantitative estimate of drug-likeness (QED) is 0.0653. The predicted molar refractivity (Wildman–Crippen MR) is 200 cm³/mol. The van der Waals surface area contributed by atoms with Crippen LogP contribution in [-0.4, -0.2) is 38.6 Å². The Morgan fingerprint density at radius 2 is 0.960 bits per heavy atom. The van der Waals surface area contributed by atoms with E-state index in [1.807, 2.05) is 73.2 Å². The van der Waals surface area contributed by atoms with E-state index in [0.29, 0.717) is 55.8 Å². The van der Waals surface area contributed by atoms with Crippen LogP contribution in [0.2, 0.25) is 0 Å². The van der Waals surface area contributed by atoms with Crippen molar-refractivity contribution in [2.75, 3.05) is 12.5 Å². The van der Waals surface area contributed by atoms with Crippen molar-refractivity contribution >= 4 is 51.2 Å². The molecule has 0 fully saturated rings. The van der Waals surface area contributed by atoms with Crippen molar-refractivity contribution in [1.82, 2.24) is 19.9 Å². The molecule has 2 heterocycles. The third-order valence-electron chi connectivity index (χ3n) is 7.91. The molecule has 11 heteroatoms. The van der Waals surface area contributed by atoms with Crippen molar-refractivity contribution in [3.63, 3.8) is 0 Å². The monoisotopic (exact) mass is 706 g/mol. The zero-order chi connectivity index (χ0) is 35.6. The average Bonchev–Trinajstić information content (AvgIpc) is 3.09. The molecule has 2 aromatic heterocycles. The molecule has 0 saturated carbocycles. The molecule has 50 heavy (non-hydrogen) atoms. The number of hydrogen-bond donors (Lipinski definition) is 0. The van der Waals surface area contributed by atoms with Crippen LogP contribution in [-0.2, 0) is 10.8 Å². The molecular formula is C39H38N4O5S2. The lowest BCUT2D eigenvalue weighted by atomic mass is 9.84. The molecule has 0 amide bonds. The smallest absolute Gasteiger partial charge is 0.438 e. The molecular weight excluding hydrogens is 669 g/mol. The topological polar surface area (TPSA) is 106 Å². The van der Waals surface area contributed by atoms with Crippen LogP contribution in [0.3, 0.4) is 0 Å². The summed E-state index contributed by atoms with van der Waals surface area (Å²) in [5.41, 5.74) is 0.656. The summed E-state index contributed by atoms with van der Waals surface area (Å²) in [4.78, 5) is 31.5. The summed E-state index contributed by atoms with van der Waals surface area (Å²) in [5, 5.41) is 4.11. The second kappa shape index (κ2) is 14.2. The van der Waals surface area contributed by atoms with Gasteiger partial charge in [-0.3, -0.25) is 0 Å². The highest BCUT2D eigenvalue weighted by Crippen LogP contribution is 2.46. The van der Waals surface area contributed by atoms with Crippen molar-refractivity contribution in [2.24, 2.45) is 0 Å². The second-order valence-electron chi connectivity index (χ2n) is 13.5. The van der Waals surface area contributed by atoms with E-state index in [4.69, 9.17) is 18.9 Å². The van der Waals surface area contributed by atoms with Gasteiger partial charge < -0.3 is 18.9 Å². The Kier molecular flexibility index (Phi) is 9.91. The van der Waals surface area contributed by atoms with E-state index in [9.17, 15) is 4.79 Å². The molecule has 6 rings (SSSR count). The number of hydrogen-bond acceptors (Lipinski definition) is 11. The Labute approximate surface area is 300 Å². The lowest BCUT2D eigenvalue weighted by Gasteiger charge is -2.26. The van der Waals surface area contributed by atoms with Crippen molar-refractivity contribution < 1.29 is 23.7 Å². The van der Waals surface area contributed by atoms with Gasteiger partial charge in [-0.25, -0.2) is 14.8 Å². The van der Waals surface area contributed by atoms with Crippen LogP contribution >= 0.6 is 23.5 Å². The molecule has 0 atom stereocenters. The summed E-state index contributed by atoms with van der Waals surface area (Å²) in [6.07, 6.45) is 6.29. The number of carbonyl (C=O) groups excluding carboxylic acids is 1. The fourth-order valence-electron chi connectivity index (χ4n) is 5.51. The number of nitrogens with zero attached hydrogens (tertiary/aromatic N) is 4. The van der Waals surface area contributed by atoms with Crippen LogP contribution in [0.4, 0.5) is 4.79 Å². The zero-order valence-electron chi connectivity index (χ0n) is 29.2. The summed E-state index contributed by atoms with van der Waals surface area (Å²) < 4.78 is 25.1. The summed E-state index contributed by atoms with van der Waals surface area (Å²) >= 11 is 2.87. The molecule has 0 N–H and O–H groups in total. The molecule has 0 bridgehead atoms. The summed E-state index contributed by atoms with van der Waals surface area (Å²) in [6.45, 7) is 12.3. The Bertz CT molecular complexity index is 2060. The lowest BCUT2D eigenvalue weighted by Crippen LogP contribution is -2.21. The van der Waals surface area contributed by atoms with Gasteiger partial charge >= 0.3 is 6.16 Å². The maximum absolute atomic E-state index is 14.0. The Balaban J connectivity index is 1.42. The van der Waals surface area contributed by atoms with E-state index < -0.39 is 17.0 Å². The summed E-state index contributed by atoms with van der Waals surface area (Å²) in [5.74, 6) is 2.80. The van der Waals surface area contributed by atoms with Gasteiger partial charge in [-0.2, -0.15) is 9.97 Å². The normalized spacial score (nSPS) is 11.8. The first-order valence-corrected chi connectivity index (χ1v) is 18.4. The first kappa shape index (κ1) is 35.0. The minimum absolute atomic E-state index is 0.396. The molecule has 6 aromatic rings. The lowest BCUT2D eigenvalue weighted by molar-refractivity contribution is 0.151. The highest BCUT2D eigenvalue weighted by atomic mass is 32.2. The molecule has 0 aliphatic rings. The van der Waals surface area contributed by atoms with Gasteiger partial charge in [0, 0.05) is 57.2 Å². The Morgan fingerprint density at radius 1 is 0.580 bits per heavy atom. The van der Waals surface area contributed by atoms with Crippen molar-refractivity contribution in [3.05, 3.63) is 96.3 Å².